The Balaban J connectivity index is 2.55. The molecule has 4 heteroatoms. The van der Waals surface area contributed by atoms with Gasteiger partial charge >= 0.3 is 0 Å². The maximum absolute atomic E-state index is 12.9. The Hall–Kier alpha value is -0.220. The number of rotatable bonds is 2. The van der Waals surface area contributed by atoms with Crippen LogP contribution < -0.4 is 5.73 Å². The molecule has 0 amide bonds. The van der Waals surface area contributed by atoms with Gasteiger partial charge in [-0.25, -0.2) is 8.78 Å². The van der Waals surface area contributed by atoms with E-state index in [4.69, 9.17) is 5.73 Å². The highest BCUT2D eigenvalue weighted by atomic mass is 19.3. The van der Waals surface area contributed by atoms with Crippen molar-refractivity contribution in [3.05, 3.63) is 0 Å². The van der Waals surface area contributed by atoms with Gasteiger partial charge in [0, 0.05) is 12.0 Å². The van der Waals surface area contributed by atoms with Crippen LogP contribution in [0, 0.1) is 0 Å². The summed E-state index contributed by atoms with van der Waals surface area (Å²) in [5, 5.41) is 0. The molecule has 1 atom stereocenters. The molecule has 1 aliphatic heterocycles. The number of hydrogen-bond acceptors (Lipinski definition) is 2. The molecule has 0 saturated carbocycles. The molecule has 2 nitrogen and oxygen atoms in total. The summed E-state index contributed by atoms with van der Waals surface area (Å²) >= 11 is 0. The molecule has 0 aromatic carbocycles. The lowest BCUT2D eigenvalue weighted by atomic mass is 9.86. The Morgan fingerprint density at radius 3 is 2.57 bits per heavy atom. The third-order valence-corrected chi connectivity index (χ3v) is 2.87. The van der Waals surface area contributed by atoms with Gasteiger partial charge in [-0.15, -0.1) is 0 Å². The quantitative estimate of drug-likeness (QED) is 0.747. The van der Waals surface area contributed by atoms with E-state index in [2.05, 4.69) is 4.90 Å². The molecule has 1 rings (SSSR count). The van der Waals surface area contributed by atoms with Gasteiger partial charge in [0.05, 0.1) is 0 Å². The van der Waals surface area contributed by atoms with Crippen LogP contribution in [-0.4, -0.2) is 36.5 Å². The summed E-state index contributed by atoms with van der Waals surface area (Å²) < 4.78 is 25.8. The van der Waals surface area contributed by atoms with Crippen LogP contribution >= 0.6 is 0 Å². The molecule has 0 bridgehead atoms. The minimum absolute atomic E-state index is 0.187. The first-order valence-electron chi connectivity index (χ1n) is 5.16. The van der Waals surface area contributed by atoms with Gasteiger partial charge < -0.3 is 10.6 Å². The van der Waals surface area contributed by atoms with Crippen molar-refractivity contribution in [1.29, 1.82) is 0 Å². The molecule has 1 saturated heterocycles. The van der Waals surface area contributed by atoms with Gasteiger partial charge in [-0.1, -0.05) is 0 Å². The van der Waals surface area contributed by atoms with Crippen molar-refractivity contribution in [3.63, 3.8) is 0 Å². The smallest absolute Gasteiger partial charge is 0.247 e. The number of nitrogens with zero attached hydrogens (tertiary/aromatic N) is 1. The first-order valence-corrected chi connectivity index (χ1v) is 5.16. The third-order valence-electron chi connectivity index (χ3n) is 2.87. The van der Waals surface area contributed by atoms with Gasteiger partial charge in [-0.05, 0) is 46.3 Å². The van der Waals surface area contributed by atoms with Crippen molar-refractivity contribution in [1.82, 2.24) is 4.90 Å². The van der Waals surface area contributed by atoms with Crippen LogP contribution in [0.5, 0.6) is 0 Å². The molecule has 1 aliphatic rings. The van der Waals surface area contributed by atoms with Gasteiger partial charge in [0.25, 0.3) is 0 Å². The Kier molecular flexibility index (Phi) is 3.48. The Morgan fingerprint density at radius 1 is 1.36 bits per heavy atom. The van der Waals surface area contributed by atoms with E-state index in [-0.39, 0.29) is 6.42 Å². The van der Waals surface area contributed by atoms with Crippen LogP contribution in [-0.2, 0) is 0 Å². The van der Waals surface area contributed by atoms with Gasteiger partial charge in [-0.3, -0.25) is 0 Å². The summed E-state index contributed by atoms with van der Waals surface area (Å²) in [7, 11) is 2.01. The first-order chi connectivity index (χ1) is 6.31. The van der Waals surface area contributed by atoms with E-state index >= 15 is 0 Å². The summed E-state index contributed by atoms with van der Waals surface area (Å²) in [5.41, 5.74) is 5.34. The van der Waals surface area contributed by atoms with Crippen LogP contribution in [0.15, 0.2) is 0 Å². The molecule has 0 aliphatic carbocycles. The van der Waals surface area contributed by atoms with Crippen molar-refractivity contribution in [2.75, 3.05) is 20.1 Å². The summed E-state index contributed by atoms with van der Waals surface area (Å²) in [4.78, 5) is 2.16. The van der Waals surface area contributed by atoms with Crippen LogP contribution in [0.4, 0.5) is 8.78 Å². The van der Waals surface area contributed by atoms with E-state index in [1.54, 1.807) is 0 Å². The molecular formula is C10H20F2N2. The predicted octanol–water partition coefficient (Wildman–Crippen LogP) is 1.84. The Labute approximate surface area is 84.4 Å². The SMILES string of the molecule is CN1CCCC(N)(CC(C)(F)F)CC1. The zero-order chi connectivity index (χ0) is 10.8. The van der Waals surface area contributed by atoms with E-state index in [9.17, 15) is 8.78 Å². The summed E-state index contributed by atoms with van der Waals surface area (Å²) in [5.74, 6) is -2.64. The lowest BCUT2D eigenvalue weighted by Crippen LogP contribution is -2.44. The van der Waals surface area contributed by atoms with Crippen LogP contribution in [0.1, 0.15) is 32.6 Å². The van der Waals surface area contributed by atoms with Gasteiger partial charge in [0.2, 0.25) is 5.92 Å². The number of hydrogen-bond donors (Lipinski definition) is 1. The van der Waals surface area contributed by atoms with Crippen LogP contribution in [0.2, 0.25) is 0 Å². The highest BCUT2D eigenvalue weighted by Crippen LogP contribution is 2.31. The lowest BCUT2D eigenvalue weighted by Gasteiger charge is -2.30. The Morgan fingerprint density at radius 2 is 2.00 bits per heavy atom. The summed E-state index contributed by atoms with van der Waals surface area (Å²) in [6, 6.07) is 0. The molecule has 0 aromatic rings. The maximum atomic E-state index is 12.9. The molecule has 0 aromatic heterocycles. The highest BCUT2D eigenvalue weighted by Gasteiger charge is 2.36. The number of likely N-dealkylation sites (tertiary alicyclic amines) is 1. The summed E-state index contributed by atoms with van der Waals surface area (Å²) in [6.45, 7) is 2.75. The van der Waals surface area contributed by atoms with E-state index in [0.29, 0.717) is 12.8 Å². The zero-order valence-electron chi connectivity index (χ0n) is 9.02. The molecule has 1 heterocycles. The fourth-order valence-corrected chi connectivity index (χ4v) is 2.15. The van der Waals surface area contributed by atoms with Gasteiger partial charge in [0.15, 0.2) is 0 Å². The normalized spacial score (nSPS) is 31.5. The molecule has 14 heavy (non-hydrogen) atoms. The zero-order valence-corrected chi connectivity index (χ0v) is 9.02. The molecule has 2 N–H and O–H groups in total. The van der Waals surface area contributed by atoms with E-state index in [0.717, 1.165) is 26.4 Å². The fraction of sp³-hybridized carbons (Fsp3) is 1.00. The van der Waals surface area contributed by atoms with Crippen molar-refractivity contribution < 1.29 is 8.78 Å². The minimum Gasteiger partial charge on any atom is -0.325 e. The minimum atomic E-state index is -2.64. The summed E-state index contributed by atoms with van der Waals surface area (Å²) in [6.07, 6.45) is 2.12. The van der Waals surface area contributed by atoms with Crippen molar-refractivity contribution >= 4 is 0 Å². The van der Waals surface area contributed by atoms with E-state index in [1.807, 2.05) is 7.05 Å². The Bertz CT molecular complexity index is 191. The maximum Gasteiger partial charge on any atom is 0.247 e. The standard InChI is InChI=1S/C10H20F2N2/c1-9(11,12)8-10(13)4-3-6-14(2)7-5-10/h3-8,13H2,1-2H3. The largest absolute Gasteiger partial charge is 0.325 e. The van der Waals surface area contributed by atoms with Crippen molar-refractivity contribution in [2.24, 2.45) is 5.73 Å². The fourth-order valence-electron chi connectivity index (χ4n) is 2.15. The molecule has 0 radical (unpaired) electrons. The monoisotopic (exact) mass is 206 g/mol. The second-order valence-electron chi connectivity index (χ2n) is 4.77. The van der Waals surface area contributed by atoms with Crippen LogP contribution in [0.25, 0.3) is 0 Å². The lowest BCUT2D eigenvalue weighted by molar-refractivity contribution is -0.0118. The predicted molar refractivity (Wildman–Crippen MR) is 53.5 cm³/mol. The van der Waals surface area contributed by atoms with E-state index in [1.165, 1.54) is 0 Å². The van der Waals surface area contributed by atoms with Crippen molar-refractivity contribution in [2.45, 2.75) is 44.1 Å². The van der Waals surface area contributed by atoms with Crippen LogP contribution in [0.3, 0.4) is 0 Å². The molecular weight excluding hydrogens is 186 g/mol. The second-order valence-corrected chi connectivity index (χ2v) is 4.77. The topological polar surface area (TPSA) is 29.3 Å². The number of halogens is 2. The second kappa shape index (κ2) is 4.11. The number of nitrogens with two attached hydrogens (primary N) is 1. The molecule has 84 valence electrons. The highest BCUT2D eigenvalue weighted by molar-refractivity contribution is 4.90. The van der Waals surface area contributed by atoms with Crippen molar-refractivity contribution in [3.8, 4) is 0 Å². The van der Waals surface area contributed by atoms with Gasteiger partial charge in [0.1, 0.15) is 0 Å². The van der Waals surface area contributed by atoms with E-state index < -0.39 is 11.5 Å². The molecule has 1 fully saturated rings. The third kappa shape index (κ3) is 3.88. The molecule has 0 spiro atoms. The molecule has 1 unspecified atom stereocenters. The first kappa shape index (κ1) is 11.9. The average Bonchev–Trinajstić information content (AvgIpc) is 2.10. The average molecular weight is 206 g/mol. The van der Waals surface area contributed by atoms with Gasteiger partial charge in [-0.2, -0.15) is 0 Å². The number of alkyl halides is 2.